The van der Waals surface area contributed by atoms with E-state index in [1.807, 2.05) is 30.3 Å². The number of aromatic hydroxyl groups is 1. The summed E-state index contributed by atoms with van der Waals surface area (Å²) in [5.74, 6) is 0.169. The van der Waals surface area contributed by atoms with Crippen LogP contribution in [-0.4, -0.2) is 15.0 Å². The number of aromatic nitrogens is 1. The Morgan fingerprint density at radius 3 is 2.48 bits per heavy atom. The molecular formula is C20H16N2O3. The second kappa shape index (κ2) is 6.97. The van der Waals surface area contributed by atoms with Gasteiger partial charge in [0, 0.05) is 17.5 Å². The molecule has 0 atom stereocenters. The summed E-state index contributed by atoms with van der Waals surface area (Å²) in [5, 5.41) is 21.9. The average molecular weight is 332 g/mol. The standard InChI is InChI=1S/C20H16N2O3/c1-2-3-16-8-7-15-9-11-17(21-19(15)20(16)23)10-4-14-5-12-18(13-6-14)22(24)25/h2,4-13,23H,1,3H2/b10-4+. The van der Waals surface area contributed by atoms with Crippen LogP contribution in [0.4, 0.5) is 5.69 Å². The van der Waals surface area contributed by atoms with Crippen molar-refractivity contribution < 1.29 is 10.0 Å². The van der Waals surface area contributed by atoms with Crippen LogP contribution < -0.4 is 0 Å². The molecule has 0 spiro atoms. The molecule has 1 aromatic heterocycles. The van der Waals surface area contributed by atoms with Gasteiger partial charge in [-0.15, -0.1) is 6.58 Å². The van der Waals surface area contributed by atoms with E-state index >= 15 is 0 Å². The van der Waals surface area contributed by atoms with Crippen molar-refractivity contribution in [3.63, 3.8) is 0 Å². The summed E-state index contributed by atoms with van der Waals surface area (Å²) in [4.78, 5) is 14.7. The lowest BCUT2D eigenvalue weighted by atomic mass is 10.1. The second-order valence-electron chi connectivity index (χ2n) is 5.56. The number of benzene rings is 2. The van der Waals surface area contributed by atoms with E-state index in [1.165, 1.54) is 12.1 Å². The van der Waals surface area contributed by atoms with Crippen LogP contribution in [-0.2, 0) is 6.42 Å². The van der Waals surface area contributed by atoms with E-state index < -0.39 is 4.92 Å². The molecular weight excluding hydrogens is 316 g/mol. The van der Waals surface area contributed by atoms with Gasteiger partial charge in [0.1, 0.15) is 11.3 Å². The molecule has 0 aliphatic heterocycles. The van der Waals surface area contributed by atoms with E-state index in [0.717, 1.165) is 16.5 Å². The summed E-state index contributed by atoms with van der Waals surface area (Å²) < 4.78 is 0. The summed E-state index contributed by atoms with van der Waals surface area (Å²) in [7, 11) is 0. The lowest BCUT2D eigenvalue weighted by Gasteiger charge is -2.06. The highest BCUT2D eigenvalue weighted by atomic mass is 16.6. The van der Waals surface area contributed by atoms with Crippen LogP contribution in [0.25, 0.3) is 23.1 Å². The Hall–Kier alpha value is -3.47. The molecule has 3 aromatic rings. The van der Waals surface area contributed by atoms with Crippen molar-refractivity contribution in [2.45, 2.75) is 6.42 Å². The molecule has 0 aliphatic carbocycles. The van der Waals surface area contributed by atoms with Crippen molar-refractivity contribution in [3.05, 3.63) is 88.1 Å². The Kier molecular flexibility index (Phi) is 4.57. The first-order valence-electron chi connectivity index (χ1n) is 7.73. The summed E-state index contributed by atoms with van der Waals surface area (Å²) >= 11 is 0. The lowest BCUT2D eigenvalue weighted by Crippen LogP contribution is -1.89. The van der Waals surface area contributed by atoms with Crippen LogP contribution in [0.15, 0.2) is 61.2 Å². The van der Waals surface area contributed by atoms with Crippen molar-refractivity contribution in [2.24, 2.45) is 0 Å². The number of nitro groups is 1. The fourth-order valence-electron chi connectivity index (χ4n) is 2.53. The molecule has 0 saturated heterocycles. The molecule has 0 bridgehead atoms. The molecule has 0 amide bonds. The highest BCUT2D eigenvalue weighted by Crippen LogP contribution is 2.28. The highest BCUT2D eigenvalue weighted by molar-refractivity contribution is 5.87. The fraction of sp³-hybridized carbons (Fsp3) is 0.0500. The molecule has 0 saturated carbocycles. The number of phenolic OH excluding ortho intramolecular Hbond substituents is 1. The molecule has 0 fully saturated rings. The van der Waals surface area contributed by atoms with E-state index in [0.29, 0.717) is 17.6 Å². The molecule has 5 nitrogen and oxygen atoms in total. The summed E-state index contributed by atoms with van der Waals surface area (Å²) in [6, 6.07) is 13.8. The van der Waals surface area contributed by atoms with E-state index in [-0.39, 0.29) is 11.4 Å². The first-order valence-corrected chi connectivity index (χ1v) is 7.73. The van der Waals surface area contributed by atoms with Crippen molar-refractivity contribution in [2.75, 3.05) is 0 Å². The van der Waals surface area contributed by atoms with Gasteiger partial charge in [0.15, 0.2) is 0 Å². The SMILES string of the molecule is C=CCc1ccc2ccc(/C=C/c3ccc([N+](=O)[O-])cc3)nc2c1O. The number of hydrogen-bond acceptors (Lipinski definition) is 4. The van der Waals surface area contributed by atoms with Crippen molar-refractivity contribution in [3.8, 4) is 5.75 Å². The van der Waals surface area contributed by atoms with Gasteiger partial charge in [-0.2, -0.15) is 0 Å². The molecule has 0 unspecified atom stereocenters. The van der Waals surface area contributed by atoms with Gasteiger partial charge in [-0.3, -0.25) is 10.1 Å². The Morgan fingerprint density at radius 1 is 1.08 bits per heavy atom. The van der Waals surface area contributed by atoms with E-state index in [9.17, 15) is 15.2 Å². The third-order valence-electron chi connectivity index (χ3n) is 3.86. The van der Waals surface area contributed by atoms with Crippen molar-refractivity contribution in [1.82, 2.24) is 4.98 Å². The molecule has 0 radical (unpaired) electrons. The lowest BCUT2D eigenvalue weighted by molar-refractivity contribution is -0.384. The number of allylic oxidation sites excluding steroid dienone is 1. The van der Waals surface area contributed by atoms with Crippen LogP contribution in [0.2, 0.25) is 0 Å². The van der Waals surface area contributed by atoms with Gasteiger partial charge in [-0.25, -0.2) is 4.98 Å². The normalized spacial score (nSPS) is 11.0. The zero-order valence-corrected chi connectivity index (χ0v) is 13.4. The average Bonchev–Trinajstić information content (AvgIpc) is 2.63. The first-order chi connectivity index (χ1) is 12.1. The Bertz CT molecular complexity index is 976. The predicted molar refractivity (Wildman–Crippen MR) is 99.3 cm³/mol. The molecule has 1 heterocycles. The number of rotatable bonds is 5. The monoisotopic (exact) mass is 332 g/mol. The molecule has 1 N–H and O–H groups in total. The number of hydrogen-bond donors (Lipinski definition) is 1. The van der Waals surface area contributed by atoms with Gasteiger partial charge in [-0.1, -0.05) is 30.4 Å². The third kappa shape index (κ3) is 3.55. The van der Waals surface area contributed by atoms with E-state index in [2.05, 4.69) is 11.6 Å². The van der Waals surface area contributed by atoms with Gasteiger partial charge in [0.05, 0.1) is 10.6 Å². The minimum atomic E-state index is -0.429. The highest BCUT2D eigenvalue weighted by Gasteiger charge is 2.07. The van der Waals surface area contributed by atoms with Crippen LogP contribution in [0.1, 0.15) is 16.8 Å². The second-order valence-corrected chi connectivity index (χ2v) is 5.56. The smallest absolute Gasteiger partial charge is 0.269 e. The van der Waals surface area contributed by atoms with Gasteiger partial charge in [-0.05, 0) is 41.8 Å². The Balaban J connectivity index is 1.91. The minimum Gasteiger partial charge on any atom is -0.505 e. The van der Waals surface area contributed by atoms with E-state index in [1.54, 1.807) is 24.3 Å². The quantitative estimate of drug-likeness (QED) is 0.415. The zero-order chi connectivity index (χ0) is 17.8. The Morgan fingerprint density at radius 2 is 1.80 bits per heavy atom. The van der Waals surface area contributed by atoms with Crippen LogP contribution in [0.5, 0.6) is 5.75 Å². The molecule has 2 aromatic carbocycles. The number of phenols is 1. The maximum Gasteiger partial charge on any atom is 0.269 e. The predicted octanol–water partition coefficient (Wildman–Crippen LogP) is 4.75. The molecule has 3 rings (SSSR count). The number of pyridine rings is 1. The first kappa shape index (κ1) is 16.4. The van der Waals surface area contributed by atoms with Gasteiger partial charge >= 0.3 is 0 Å². The van der Waals surface area contributed by atoms with E-state index in [4.69, 9.17) is 0 Å². The summed E-state index contributed by atoms with van der Waals surface area (Å²) in [6.45, 7) is 3.69. The van der Waals surface area contributed by atoms with Crippen molar-refractivity contribution in [1.29, 1.82) is 0 Å². The third-order valence-corrected chi connectivity index (χ3v) is 3.86. The van der Waals surface area contributed by atoms with Crippen LogP contribution in [0, 0.1) is 10.1 Å². The summed E-state index contributed by atoms with van der Waals surface area (Å²) in [6.07, 6.45) is 5.94. The number of nitro benzene ring substituents is 1. The summed E-state index contributed by atoms with van der Waals surface area (Å²) in [5.41, 5.74) is 2.91. The van der Waals surface area contributed by atoms with Gasteiger partial charge in [0.25, 0.3) is 5.69 Å². The number of fused-ring (bicyclic) bond motifs is 1. The maximum absolute atomic E-state index is 10.7. The van der Waals surface area contributed by atoms with Crippen LogP contribution >= 0.6 is 0 Å². The maximum atomic E-state index is 10.7. The largest absolute Gasteiger partial charge is 0.505 e. The fourth-order valence-corrected chi connectivity index (χ4v) is 2.53. The number of nitrogens with zero attached hydrogens (tertiary/aromatic N) is 2. The van der Waals surface area contributed by atoms with Crippen LogP contribution in [0.3, 0.4) is 0 Å². The Labute approximate surface area is 144 Å². The minimum absolute atomic E-state index is 0.0562. The molecule has 5 heteroatoms. The van der Waals surface area contributed by atoms with Crippen molar-refractivity contribution >= 4 is 28.7 Å². The number of non-ortho nitro benzene ring substituents is 1. The molecule has 124 valence electrons. The van der Waals surface area contributed by atoms with Gasteiger partial charge in [0.2, 0.25) is 0 Å². The molecule has 25 heavy (non-hydrogen) atoms. The zero-order valence-electron chi connectivity index (χ0n) is 13.4. The van der Waals surface area contributed by atoms with Gasteiger partial charge < -0.3 is 5.11 Å². The molecule has 0 aliphatic rings. The topological polar surface area (TPSA) is 76.3 Å².